The van der Waals surface area contributed by atoms with E-state index in [9.17, 15) is 13.5 Å². The first kappa shape index (κ1) is 16.5. The van der Waals surface area contributed by atoms with Gasteiger partial charge in [-0.3, -0.25) is 0 Å². The van der Waals surface area contributed by atoms with Gasteiger partial charge in [0.15, 0.2) is 0 Å². The Morgan fingerprint density at radius 1 is 1.10 bits per heavy atom. The van der Waals surface area contributed by atoms with Crippen molar-refractivity contribution in [2.75, 3.05) is 18.9 Å². The smallest absolute Gasteiger partial charge is 0.211 e. The number of sulfonamides is 1. The minimum absolute atomic E-state index is 0.0637. The molecule has 2 rings (SSSR count). The van der Waals surface area contributed by atoms with Crippen molar-refractivity contribution in [1.29, 1.82) is 0 Å². The van der Waals surface area contributed by atoms with Gasteiger partial charge in [-0.05, 0) is 24.8 Å². The third-order valence-corrected chi connectivity index (χ3v) is 5.74. The Bertz CT molecular complexity index is 522. The predicted octanol–water partition coefficient (Wildman–Crippen LogP) is 2.09. The van der Waals surface area contributed by atoms with Crippen molar-refractivity contribution in [1.82, 2.24) is 4.72 Å². The second-order valence-corrected chi connectivity index (χ2v) is 8.02. The van der Waals surface area contributed by atoms with Gasteiger partial charge < -0.3 is 5.11 Å². The average Bonchev–Trinajstić information content (AvgIpc) is 2.53. The highest BCUT2D eigenvalue weighted by Crippen LogP contribution is 2.35. The maximum atomic E-state index is 12.1. The molecule has 1 aromatic rings. The van der Waals surface area contributed by atoms with Crippen molar-refractivity contribution in [2.24, 2.45) is 5.41 Å². The molecule has 1 aliphatic rings. The Morgan fingerprint density at radius 2 is 1.76 bits per heavy atom. The van der Waals surface area contributed by atoms with E-state index in [0.717, 1.165) is 31.2 Å². The average molecular weight is 311 g/mol. The van der Waals surface area contributed by atoms with E-state index in [4.69, 9.17) is 0 Å². The second kappa shape index (κ2) is 7.38. The van der Waals surface area contributed by atoms with Gasteiger partial charge in [0.05, 0.1) is 5.75 Å². The van der Waals surface area contributed by atoms with Crippen molar-refractivity contribution < 1.29 is 13.5 Å². The van der Waals surface area contributed by atoms with Crippen LogP contribution in [0.3, 0.4) is 0 Å². The van der Waals surface area contributed by atoms with Gasteiger partial charge in [-0.15, -0.1) is 0 Å². The molecule has 4 nitrogen and oxygen atoms in total. The van der Waals surface area contributed by atoms with E-state index >= 15 is 0 Å². The molecule has 0 aliphatic heterocycles. The highest BCUT2D eigenvalue weighted by atomic mass is 32.2. The maximum Gasteiger partial charge on any atom is 0.211 e. The summed E-state index contributed by atoms with van der Waals surface area (Å²) in [5.41, 5.74) is 0.773. The first-order valence-electron chi connectivity index (χ1n) is 7.67. The van der Waals surface area contributed by atoms with Crippen molar-refractivity contribution >= 4 is 10.0 Å². The third-order valence-electron chi connectivity index (χ3n) is 4.42. The van der Waals surface area contributed by atoms with Gasteiger partial charge in [0, 0.05) is 18.6 Å². The van der Waals surface area contributed by atoms with Crippen LogP contribution in [0.5, 0.6) is 0 Å². The van der Waals surface area contributed by atoms with Crippen molar-refractivity contribution in [3.05, 3.63) is 35.9 Å². The summed E-state index contributed by atoms with van der Waals surface area (Å²) in [6, 6.07) is 9.62. The minimum Gasteiger partial charge on any atom is -0.396 e. The zero-order chi connectivity index (χ0) is 15.2. The molecule has 0 saturated heterocycles. The largest absolute Gasteiger partial charge is 0.396 e. The lowest BCUT2D eigenvalue weighted by Crippen LogP contribution is -2.42. The number of hydrogen-bond acceptors (Lipinski definition) is 3. The minimum atomic E-state index is -3.29. The topological polar surface area (TPSA) is 66.4 Å². The maximum absolute atomic E-state index is 12.1. The van der Waals surface area contributed by atoms with Crippen LogP contribution in [-0.2, 0) is 16.4 Å². The number of benzene rings is 1. The number of nitrogens with one attached hydrogen (secondary N) is 1. The zero-order valence-corrected chi connectivity index (χ0v) is 13.2. The molecule has 0 heterocycles. The Hall–Kier alpha value is -0.910. The Morgan fingerprint density at radius 3 is 2.38 bits per heavy atom. The molecule has 0 spiro atoms. The number of aryl methyl sites for hydroxylation is 1. The summed E-state index contributed by atoms with van der Waals surface area (Å²) in [4.78, 5) is 0. The van der Waals surface area contributed by atoms with Gasteiger partial charge in [-0.25, -0.2) is 13.1 Å². The van der Waals surface area contributed by atoms with Crippen LogP contribution >= 0.6 is 0 Å². The summed E-state index contributed by atoms with van der Waals surface area (Å²) in [7, 11) is -3.29. The molecule has 0 atom stereocenters. The van der Waals surface area contributed by atoms with Crippen LogP contribution in [0.25, 0.3) is 0 Å². The summed E-state index contributed by atoms with van der Waals surface area (Å²) >= 11 is 0. The van der Waals surface area contributed by atoms with Crippen LogP contribution in [0.2, 0.25) is 0 Å². The van der Waals surface area contributed by atoms with Crippen LogP contribution < -0.4 is 4.72 Å². The number of rotatable bonds is 7. The van der Waals surface area contributed by atoms with Gasteiger partial charge >= 0.3 is 0 Å². The van der Waals surface area contributed by atoms with Crippen molar-refractivity contribution in [3.63, 3.8) is 0 Å². The lowest BCUT2D eigenvalue weighted by atomic mass is 9.75. The van der Waals surface area contributed by atoms with Crippen LogP contribution in [-0.4, -0.2) is 32.4 Å². The molecular weight excluding hydrogens is 286 g/mol. The zero-order valence-electron chi connectivity index (χ0n) is 12.4. The monoisotopic (exact) mass is 311 g/mol. The molecule has 0 unspecified atom stereocenters. The van der Waals surface area contributed by atoms with Gasteiger partial charge in [0.25, 0.3) is 0 Å². The highest BCUT2D eigenvalue weighted by molar-refractivity contribution is 7.89. The predicted molar refractivity (Wildman–Crippen MR) is 84.5 cm³/mol. The van der Waals surface area contributed by atoms with E-state index in [1.807, 2.05) is 30.3 Å². The molecule has 118 valence electrons. The van der Waals surface area contributed by atoms with E-state index < -0.39 is 10.0 Å². The standard InChI is InChI=1S/C16H25NO3S/c18-14-16(10-5-2-6-11-16)13-17-21(19,20)12-9-15-7-3-1-4-8-15/h1,3-4,7-8,17-18H,2,5-6,9-14H2. The fourth-order valence-electron chi connectivity index (χ4n) is 2.92. The summed E-state index contributed by atoms with van der Waals surface area (Å²) in [6.45, 7) is 0.425. The fourth-order valence-corrected chi connectivity index (χ4v) is 4.10. The molecule has 0 aromatic heterocycles. The van der Waals surface area contributed by atoms with Gasteiger partial charge in [0.1, 0.15) is 0 Å². The summed E-state index contributed by atoms with van der Waals surface area (Å²) in [5, 5.41) is 9.61. The summed E-state index contributed by atoms with van der Waals surface area (Å²) in [5.74, 6) is 0.0958. The number of hydrogen-bond donors (Lipinski definition) is 2. The molecule has 1 saturated carbocycles. The van der Waals surface area contributed by atoms with Crippen molar-refractivity contribution in [2.45, 2.75) is 38.5 Å². The van der Waals surface area contributed by atoms with Crippen LogP contribution in [0, 0.1) is 5.41 Å². The Kier molecular flexibility index (Phi) is 5.79. The fraction of sp³-hybridized carbons (Fsp3) is 0.625. The first-order chi connectivity index (χ1) is 10.1. The number of aliphatic hydroxyl groups is 1. The number of aliphatic hydroxyl groups excluding tert-OH is 1. The van der Waals surface area contributed by atoms with Crippen LogP contribution in [0.15, 0.2) is 30.3 Å². The molecule has 2 N–H and O–H groups in total. The second-order valence-electron chi connectivity index (χ2n) is 6.09. The molecule has 1 fully saturated rings. The molecule has 21 heavy (non-hydrogen) atoms. The molecule has 1 aromatic carbocycles. The van der Waals surface area contributed by atoms with Crippen molar-refractivity contribution in [3.8, 4) is 0 Å². The normalized spacial score (nSPS) is 18.5. The highest BCUT2D eigenvalue weighted by Gasteiger charge is 2.32. The lowest BCUT2D eigenvalue weighted by molar-refractivity contribution is 0.0867. The molecule has 1 aliphatic carbocycles. The van der Waals surface area contributed by atoms with E-state index in [0.29, 0.717) is 13.0 Å². The first-order valence-corrected chi connectivity index (χ1v) is 9.33. The summed E-state index contributed by atoms with van der Waals surface area (Å²) < 4.78 is 26.9. The molecule has 0 bridgehead atoms. The van der Waals surface area contributed by atoms with E-state index in [1.165, 1.54) is 6.42 Å². The quantitative estimate of drug-likeness (QED) is 0.810. The Balaban J connectivity index is 1.85. The molecule has 0 amide bonds. The van der Waals surface area contributed by atoms with Gasteiger partial charge in [-0.1, -0.05) is 49.6 Å². The summed E-state index contributed by atoms with van der Waals surface area (Å²) in [6.07, 6.45) is 5.67. The molecular formula is C16H25NO3S. The van der Waals surface area contributed by atoms with Gasteiger partial charge in [-0.2, -0.15) is 0 Å². The molecule has 5 heteroatoms. The van der Waals surface area contributed by atoms with Crippen LogP contribution in [0.4, 0.5) is 0 Å². The van der Waals surface area contributed by atoms with E-state index in [2.05, 4.69) is 4.72 Å². The SMILES string of the molecule is O=S(=O)(CCc1ccccc1)NCC1(CO)CCCCC1. The lowest BCUT2D eigenvalue weighted by Gasteiger charge is -2.35. The van der Waals surface area contributed by atoms with Crippen LogP contribution in [0.1, 0.15) is 37.7 Å². The Labute approximate surface area is 127 Å². The molecule has 0 radical (unpaired) electrons. The van der Waals surface area contributed by atoms with E-state index in [-0.39, 0.29) is 17.8 Å². The third kappa shape index (κ3) is 5.09. The van der Waals surface area contributed by atoms with Gasteiger partial charge in [0.2, 0.25) is 10.0 Å². The van der Waals surface area contributed by atoms with E-state index in [1.54, 1.807) is 0 Å².